The Bertz CT molecular complexity index is 3370. The smallest absolute Gasteiger partial charge is 0.186 e. The largest absolute Gasteiger partial charge is 0.295 e. The fraction of sp³-hybridized carbons (Fsp3) is 0. The van der Waals surface area contributed by atoms with Gasteiger partial charge in [0.05, 0.1) is 11.4 Å². The van der Waals surface area contributed by atoms with Gasteiger partial charge in [-0.2, -0.15) is 0 Å². The topological polar surface area (TPSA) is 29.0 Å². The summed E-state index contributed by atoms with van der Waals surface area (Å²) in [6, 6.07) is 88.0. The molecule has 0 amide bonds. The van der Waals surface area contributed by atoms with Crippen LogP contribution in [0.15, 0.2) is 249 Å². The quantitative estimate of drug-likeness (QED) is 0.113. The second kappa shape index (κ2) is 15.7. The summed E-state index contributed by atoms with van der Waals surface area (Å²) in [5, 5.41) is 13.1. The summed E-state index contributed by atoms with van der Waals surface area (Å²) in [6.07, 6.45) is 3.87. The van der Waals surface area contributed by atoms with Crippen molar-refractivity contribution in [3.05, 3.63) is 249 Å². The number of fused-ring (bicyclic) bond motifs is 6. The molecule has 302 valence electrons. The minimum absolute atomic E-state index is 0.964. The van der Waals surface area contributed by atoms with Gasteiger partial charge in [0.15, 0.2) is 16.1 Å². The highest BCUT2D eigenvalue weighted by Gasteiger charge is 2.51. The van der Waals surface area contributed by atoms with Crippen molar-refractivity contribution in [1.82, 2.24) is 9.97 Å². The molecule has 6 heteroatoms. The Balaban J connectivity index is 1.20. The zero-order valence-corrected chi connectivity index (χ0v) is 37.7. The molecule has 11 aromatic rings. The van der Waals surface area contributed by atoms with E-state index in [1.54, 1.807) is 0 Å². The average molecular weight is 868 g/mol. The lowest BCUT2D eigenvalue weighted by Gasteiger charge is -2.44. The molecule has 3 aromatic heterocycles. The van der Waals surface area contributed by atoms with Crippen molar-refractivity contribution >= 4 is 106 Å². The predicted octanol–water partition coefficient (Wildman–Crippen LogP) is 9.05. The molecule has 1 aliphatic heterocycles. The number of pyridine rings is 2. The monoisotopic (exact) mass is 867 g/mol. The summed E-state index contributed by atoms with van der Waals surface area (Å²) < 4.78 is 2.55. The van der Waals surface area contributed by atoms with Crippen LogP contribution in [0.25, 0.3) is 31.4 Å². The molecule has 0 bridgehead atoms. The summed E-state index contributed by atoms with van der Waals surface area (Å²) >= 11 is 1.87. The molecule has 4 heterocycles. The van der Waals surface area contributed by atoms with Crippen LogP contribution in [0, 0.1) is 0 Å². The van der Waals surface area contributed by atoms with Crippen molar-refractivity contribution in [3.8, 4) is 11.3 Å². The van der Waals surface area contributed by atoms with Gasteiger partial charge >= 0.3 is 0 Å². The lowest BCUT2D eigenvalue weighted by molar-refractivity contribution is 1.20. The molecule has 3 nitrogen and oxygen atoms in total. The molecule has 0 spiro atoms. The van der Waals surface area contributed by atoms with Crippen LogP contribution in [0.5, 0.6) is 0 Å². The summed E-state index contributed by atoms with van der Waals surface area (Å²) in [4.78, 5) is 12.8. The van der Waals surface area contributed by atoms with E-state index in [0.717, 1.165) is 22.8 Å². The first-order valence-electron chi connectivity index (χ1n) is 21.8. The third-order valence-electron chi connectivity index (χ3n) is 13.2. The Morgan fingerprint density at radius 1 is 0.422 bits per heavy atom. The molecule has 0 aliphatic carbocycles. The van der Waals surface area contributed by atoms with Gasteiger partial charge in [0.1, 0.15) is 5.82 Å². The van der Waals surface area contributed by atoms with E-state index in [0.29, 0.717) is 0 Å². The van der Waals surface area contributed by atoms with Gasteiger partial charge in [0.2, 0.25) is 0 Å². The number of hydrogen-bond acceptors (Lipinski definition) is 4. The van der Waals surface area contributed by atoms with Crippen LogP contribution < -0.4 is 46.4 Å². The standard InChI is InChI=1S/C58H41N3SSi2/c1-5-22-44(23-6-1)63(45-24-7-2-8-25-45,48-30-17-20-42(40-48)51-33-15-16-38-59-51)49-31-18-21-43(41-49)61-57-54(37-36-53-56(57)50-32-13-14-34-52(50)62-53)64(46-26-9-3-10-27-46,47-28-11-4-12-29-47)55-35-19-39-60-58(55)61/h1-41H. The summed E-state index contributed by atoms with van der Waals surface area (Å²) in [5.41, 5.74) is 4.39. The second-order valence-electron chi connectivity index (χ2n) is 16.5. The highest BCUT2D eigenvalue weighted by atomic mass is 32.1. The fourth-order valence-corrected chi connectivity index (χ4v) is 21.5. The summed E-state index contributed by atoms with van der Waals surface area (Å²) in [6.45, 7) is 0. The molecule has 0 N–H and O–H groups in total. The highest BCUT2D eigenvalue weighted by Crippen LogP contribution is 2.46. The van der Waals surface area contributed by atoms with Crippen LogP contribution in [-0.4, -0.2) is 26.1 Å². The van der Waals surface area contributed by atoms with Crippen molar-refractivity contribution in [1.29, 1.82) is 0 Å². The van der Waals surface area contributed by atoms with Gasteiger partial charge in [0, 0.05) is 43.8 Å². The molecule has 64 heavy (non-hydrogen) atoms. The Morgan fingerprint density at radius 2 is 1.02 bits per heavy atom. The van der Waals surface area contributed by atoms with Gasteiger partial charge in [-0.1, -0.05) is 194 Å². The van der Waals surface area contributed by atoms with Gasteiger partial charge < -0.3 is 0 Å². The Kier molecular flexibility index (Phi) is 9.37. The first kappa shape index (κ1) is 38.2. The number of anilines is 3. The van der Waals surface area contributed by atoms with Crippen LogP contribution in [0.2, 0.25) is 0 Å². The van der Waals surface area contributed by atoms with Crippen LogP contribution in [0.3, 0.4) is 0 Å². The van der Waals surface area contributed by atoms with Crippen LogP contribution in [0.1, 0.15) is 0 Å². The highest BCUT2D eigenvalue weighted by molar-refractivity contribution is 7.26. The van der Waals surface area contributed by atoms with Crippen molar-refractivity contribution < 1.29 is 0 Å². The maximum absolute atomic E-state index is 5.47. The van der Waals surface area contributed by atoms with Gasteiger partial charge in [-0.05, 0) is 84.0 Å². The third kappa shape index (κ3) is 5.84. The molecule has 12 rings (SSSR count). The van der Waals surface area contributed by atoms with E-state index in [1.165, 1.54) is 67.4 Å². The Hall–Kier alpha value is -7.49. The fourth-order valence-electron chi connectivity index (χ4n) is 10.6. The minimum Gasteiger partial charge on any atom is -0.295 e. The maximum atomic E-state index is 5.47. The van der Waals surface area contributed by atoms with Gasteiger partial charge in [-0.15, -0.1) is 11.3 Å². The first-order valence-corrected chi connectivity index (χ1v) is 26.6. The van der Waals surface area contributed by atoms with E-state index < -0.39 is 16.1 Å². The zero-order chi connectivity index (χ0) is 42.5. The number of aromatic nitrogens is 2. The second-order valence-corrected chi connectivity index (χ2v) is 25.1. The van der Waals surface area contributed by atoms with Crippen LogP contribution >= 0.6 is 11.3 Å². The number of hydrogen-bond donors (Lipinski definition) is 0. The summed E-state index contributed by atoms with van der Waals surface area (Å²) in [5.74, 6) is 0.984. The van der Waals surface area contributed by atoms with Gasteiger partial charge in [0.25, 0.3) is 0 Å². The Labute approximate surface area is 379 Å². The number of rotatable bonds is 8. The molecule has 0 radical (unpaired) electrons. The molecule has 0 saturated carbocycles. The van der Waals surface area contributed by atoms with E-state index >= 15 is 0 Å². The van der Waals surface area contributed by atoms with Crippen molar-refractivity contribution in [2.75, 3.05) is 4.90 Å². The molecular weight excluding hydrogens is 827 g/mol. The van der Waals surface area contributed by atoms with E-state index in [9.17, 15) is 0 Å². The van der Waals surface area contributed by atoms with Crippen LogP contribution in [0.4, 0.5) is 17.2 Å². The SMILES string of the molecule is c1ccc([Si](c2ccccc2)(c2cccc(-c3ccccn3)c2)c2cccc(N3c4ncccc4[Si](c4ccccc4)(c4ccccc4)c4ccc5sc6ccccc6c5c43)c2)cc1. The number of benzene rings is 8. The average Bonchev–Trinajstić information content (AvgIpc) is 3.77. The lowest BCUT2D eigenvalue weighted by Crippen LogP contribution is -2.77. The molecule has 8 aromatic carbocycles. The predicted molar refractivity (Wildman–Crippen MR) is 276 cm³/mol. The molecule has 0 saturated heterocycles. The minimum atomic E-state index is -3.02. The number of nitrogens with zero attached hydrogens (tertiary/aromatic N) is 3. The van der Waals surface area contributed by atoms with Crippen molar-refractivity contribution in [3.63, 3.8) is 0 Å². The third-order valence-corrected chi connectivity index (χ3v) is 23.9. The van der Waals surface area contributed by atoms with Gasteiger partial charge in [-0.25, -0.2) is 4.98 Å². The molecule has 0 unspecified atom stereocenters. The van der Waals surface area contributed by atoms with E-state index in [2.05, 4.69) is 235 Å². The first-order chi connectivity index (χ1) is 31.8. The maximum Gasteiger partial charge on any atom is 0.186 e. The number of thiophene rings is 1. The molecule has 1 aliphatic rings. The normalized spacial score (nSPS) is 13.1. The van der Waals surface area contributed by atoms with E-state index in [-0.39, 0.29) is 0 Å². The zero-order valence-electron chi connectivity index (χ0n) is 34.9. The van der Waals surface area contributed by atoms with E-state index in [4.69, 9.17) is 9.97 Å². The van der Waals surface area contributed by atoms with Crippen molar-refractivity contribution in [2.45, 2.75) is 0 Å². The van der Waals surface area contributed by atoms with E-state index in [1.807, 2.05) is 29.8 Å². The molecular formula is C58H41N3SSi2. The molecule has 0 fully saturated rings. The van der Waals surface area contributed by atoms with Crippen molar-refractivity contribution in [2.24, 2.45) is 0 Å². The molecule has 0 atom stereocenters. The summed E-state index contributed by atoms with van der Waals surface area (Å²) in [7, 11) is -6.00. The Morgan fingerprint density at radius 3 is 1.70 bits per heavy atom. The van der Waals surface area contributed by atoms with Gasteiger partial charge in [-0.3, -0.25) is 9.88 Å². The lowest BCUT2D eigenvalue weighted by atomic mass is 10.1. The van der Waals surface area contributed by atoms with Crippen LogP contribution in [-0.2, 0) is 0 Å².